The van der Waals surface area contributed by atoms with E-state index in [1.807, 2.05) is 0 Å². The fourth-order valence-corrected chi connectivity index (χ4v) is 5.01. The number of halogens is 1. The first kappa shape index (κ1) is 26.2. The molecule has 10 nitrogen and oxygen atoms in total. The molecule has 0 aliphatic carbocycles. The summed E-state index contributed by atoms with van der Waals surface area (Å²) in [6.07, 6.45) is 1.66. The number of pyridine rings is 1. The average molecular weight is 551 g/mol. The Labute approximate surface area is 223 Å². The Morgan fingerprint density at radius 3 is 2.41 bits per heavy atom. The summed E-state index contributed by atoms with van der Waals surface area (Å²) in [5.41, 5.74) is 3.58. The molecule has 2 aromatic carbocycles. The Morgan fingerprint density at radius 2 is 1.77 bits per heavy atom. The number of rotatable bonds is 7. The molecular weight excluding hydrogens is 523 g/mol. The summed E-state index contributed by atoms with van der Waals surface area (Å²) in [5, 5.41) is 6.98. The zero-order valence-electron chi connectivity index (χ0n) is 22.0. The molecule has 0 fully saturated rings. The monoisotopic (exact) mass is 550 g/mol. The zero-order valence-corrected chi connectivity index (χ0v) is 22.8. The van der Waals surface area contributed by atoms with E-state index >= 15 is 0 Å². The van der Waals surface area contributed by atoms with Crippen LogP contribution in [0.5, 0.6) is 11.5 Å². The normalized spacial score (nSPS) is 11.7. The van der Waals surface area contributed by atoms with Gasteiger partial charge in [0.25, 0.3) is 0 Å². The molecule has 3 N–H and O–H groups in total. The predicted molar refractivity (Wildman–Crippen MR) is 148 cm³/mol. The molecule has 0 amide bonds. The second kappa shape index (κ2) is 9.70. The maximum absolute atomic E-state index is 14.0. The lowest BCUT2D eigenvalue weighted by Crippen LogP contribution is -2.15. The number of aryl methyl sites for hydroxylation is 4. The van der Waals surface area contributed by atoms with Crippen LogP contribution in [0, 0.1) is 33.5 Å². The number of hydrogen-bond donors (Lipinski definition) is 3. The molecule has 0 bridgehead atoms. The molecule has 39 heavy (non-hydrogen) atoms. The van der Waals surface area contributed by atoms with Crippen LogP contribution in [0.4, 0.5) is 10.1 Å². The van der Waals surface area contributed by atoms with Gasteiger partial charge >= 0.3 is 0 Å². The molecule has 12 heteroatoms. The molecule has 0 saturated carbocycles. The molecule has 0 radical (unpaired) electrons. The largest absolute Gasteiger partial charge is 0.455 e. The van der Waals surface area contributed by atoms with Crippen LogP contribution in [-0.4, -0.2) is 38.9 Å². The number of hydrogen-bond acceptors (Lipinski definition) is 6. The molecule has 5 aromatic rings. The Morgan fingerprint density at radius 1 is 1.05 bits per heavy atom. The molecule has 0 saturated heterocycles. The Bertz CT molecular complexity index is 1880. The Balaban J connectivity index is 1.76. The van der Waals surface area contributed by atoms with Gasteiger partial charge in [0.2, 0.25) is 15.5 Å². The third kappa shape index (κ3) is 5.02. The fraction of sp³-hybridized carbons (Fsp3) is 0.222. The number of aromatic nitrogens is 5. The van der Waals surface area contributed by atoms with Gasteiger partial charge in [-0.3, -0.25) is 14.6 Å². The second-order valence-corrected chi connectivity index (χ2v) is 11.4. The lowest BCUT2D eigenvalue weighted by molar-refractivity contribution is 0.470. The molecule has 5 rings (SSSR count). The van der Waals surface area contributed by atoms with E-state index in [2.05, 4.69) is 24.9 Å². The molecule has 0 unspecified atom stereocenters. The van der Waals surface area contributed by atoms with E-state index in [0.29, 0.717) is 67.9 Å². The molecular formula is C27H27FN6O4S. The summed E-state index contributed by atoms with van der Waals surface area (Å²) in [5.74, 6) is 1.37. The number of H-pyrrole nitrogens is 2. The number of benzene rings is 2. The van der Waals surface area contributed by atoms with E-state index in [1.165, 1.54) is 12.1 Å². The maximum Gasteiger partial charge on any atom is 0.232 e. The summed E-state index contributed by atoms with van der Waals surface area (Å²) >= 11 is 0. The van der Waals surface area contributed by atoms with E-state index in [-0.39, 0.29) is 17.0 Å². The molecule has 0 atom stereocenters. The topological polar surface area (TPSA) is 135 Å². The van der Waals surface area contributed by atoms with Gasteiger partial charge in [0, 0.05) is 11.8 Å². The van der Waals surface area contributed by atoms with Crippen molar-refractivity contribution in [1.29, 1.82) is 0 Å². The van der Waals surface area contributed by atoms with Crippen molar-refractivity contribution in [3.63, 3.8) is 0 Å². The molecule has 3 heterocycles. The van der Waals surface area contributed by atoms with Crippen molar-refractivity contribution in [1.82, 2.24) is 24.7 Å². The van der Waals surface area contributed by atoms with Crippen LogP contribution in [0.1, 0.15) is 29.4 Å². The summed E-state index contributed by atoms with van der Waals surface area (Å²) in [4.78, 5) is 20.6. The average Bonchev–Trinajstić information content (AvgIpc) is 3.51. The van der Waals surface area contributed by atoms with Crippen molar-refractivity contribution in [3.8, 4) is 28.7 Å². The first-order valence-corrected chi connectivity index (χ1v) is 13.8. The SMILES string of the molecule is CCS(=O)(=O)Nc1ccc(Oc2c(C)cc(F)cc2C)c(-n2cc(C)c(=O)c3[nH]c(-c4n[nH]c(C)n4)cc32)c1. The quantitative estimate of drug-likeness (QED) is 0.260. The van der Waals surface area contributed by atoms with E-state index in [9.17, 15) is 17.6 Å². The number of ether oxygens (including phenoxy) is 1. The van der Waals surface area contributed by atoms with E-state index < -0.39 is 10.0 Å². The maximum atomic E-state index is 14.0. The standard InChI is InChI=1S/C27H27FN6O4S/c1-6-39(36,37)33-19-7-8-23(38-26-14(2)9-18(28)10-15(26)3)21(11-19)34-13-16(4)25(35)24-22(34)12-20(30-24)27-29-17(5)31-32-27/h7-13,30,33H,6H2,1-5H3,(H,29,31,32). The highest BCUT2D eigenvalue weighted by atomic mass is 32.2. The van der Waals surface area contributed by atoms with Crippen LogP contribution in [-0.2, 0) is 10.0 Å². The van der Waals surface area contributed by atoms with Crippen molar-refractivity contribution < 1.29 is 17.5 Å². The molecule has 0 aliphatic heterocycles. The summed E-state index contributed by atoms with van der Waals surface area (Å²) in [7, 11) is -3.57. The van der Waals surface area contributed by atoms with Crippen LogP contribution in [0.25, 0.3) is 28.2 Å². The minimum absolute atomic E-state index is 0.104. The summed E-state index contributed by atoms with van der Waals surface area (Å²) < 4.78 is 49.3. The summed E-state index contributed by atoms with van der Waals surface area (Å²) in [6.45, 7) is 8.49. The van der Waals surface area contributed by atoms with Crippen LogP contribution in [0.2, 0.25) is 0 Å². The van der Waals surface area contributed by atoms with Crippen molar-refractivity contribution in [3.05, 3.63) is 81.2 Å². The molecule has 0 aliphatic rings. The lowest BCUT2D eigenvalue weighted by Gasteiger charge is -2.19. The first-order valence-electron chi connectivity index (χ1n) is 12.2. The van der Waals surface area contributed by atoms with Crippen molar-refractivity contribution in [2.24, 2.45) is 0 Å². The molecule has 202 valence electrons. The van der Waals surface area contributed by atoms with Crippen LogP contribution in [0.3, 0.4) is 0 Å². The third-order valence-corrected chi connectivity index (χ3v) is 7.62. The number of aromatic amines is 2. The number of sulfonamides is 1. The van der Waals surface area contributed by atoms with Crippen molar-refractivity contribution in [2.75, 3.05) is 10.5 Å². The van der Waals surface area contributed by atoms with Gasteiger partial charge in [-0.05, 0) is 82.1 Å². The summed E-state index contributed by atoms with van der Waals surface area (Å²) in [6, 6.07) is 9.36. The van der Waals surface area contributed by atoms with Crippen LogP contribution < -0.4 is 14.9 Å². The predicted octanol–water partition coefficient (Wildman–Crippen LogP) is 5.03. The first-order chi connectivity index (χ1) is 18.5. The highest BCUT2D eigenvalue weighted by molar-refractivity contribution is 7.92. The van der Waals surface area contributed by atoms with E-state index in [0.717, 1.165) is 0 Å². The van der Waals surface area contributed by atoms with Crippen LogP contribution in [0.15, 0.2) is 47.4 Å². The number of nitrogens with one attached hydrogen (secondary N) is 3. The van der Waals surface area contributed by atoms with Gasteiger partial charge in [-0.2, -0.15) is 5.10 Å². The van der Waals surface area contributed by atoms with Gasteiger partial charge in [-0.15, -0.1) is 0 Å². The van der Waals surface area contributed by atoms with Gasteiger partial charge in [0.15, 0.2) is 11.6 Å². The van der Waals surface area contributed by atoms with Gasteiger partial charge in [0.1, 0.15) is 22.9 Å². The number of anilines is 1. The highest BCUT2D eigenvalue weighted by Gasteiger charge is 2.19. The number of nitrogens with zero attached hydrogens (tertiary/aromatic N) is 3. The van der Waals surface area contributed by atoms with Crippen molar-refractivity contribution >= 4 is 26.7 Å². The van der Waals surface area contributed by atoms with Gasteiger partial charge < -0.3 is 14.3 Å². The Kier molecular flexibility index (Phi) is 6.51. The Hall–Kier alpha value is -4.45. The second-order valence-electron chi connectivity index (χ2n) is 9.36. The van der Waals surface area contributed by atoms with E-state index in [4.69, 9.17) is 4.74 Å². The van der Waals surface area contributed by atoms with Crippen molar-refractivity contribution in [2.45, 2.75) is 34.6 Å². The zero-order chi connectivity index (χ0) is 28.1. The van der Waals surface area contributed by atoms with Gasteiger partial charge in [-0.25, -0.2) is 17.8 Å². The van der Waals surface area contributed by atoms with Gasteiger partial charge in [-0.1, -0.05) is 0 Å². The van der Waals surface area contributed by atoms with Gasteiger partial charge in [0.05, 0.1) is 28.3 Å². The van der Waals surface area contributed by atoms with E-state index in [1.54, 1.807) is 69.6 Å². The minimum atomic E-state index is -3.57. The fourth-order valence-electron chi connectivity index (χ4n) is 4.38. The number of fused-ring (bicyclic) bond motifs is 1. The highest BCUT2D eigenvalue weighted by Crippen LogP contribution is 2.36. The minimum Gasteiger partial charge on any atom is -0.455 e. The molecule has 3 aromatic heterocycles. The molecule has 0 spiro atoms. The smallest absolute Gasteiger partial charge is 0.232 e. The third-order valence-electron chi connectivity index (χ3n) is 6.31. The lowest BCUT2D eigenvalue weighted by atomic mass is 10.1. The van der Waals surface area contributed by atoms with Crippen LogP contribution >= 0.6 is 0 Å².